The van der Waals surface area contributed by atoms with Gasteiger partial charge in [0.05, 0.1) is 24.8 Å². The third kappa shape index (κ3) is 2.11. The molecule has 1 N–H and O–H groups in total. The molecule has 0 radical (unpaired) electrons. The van der Waals surface area contributed by atoms with Crippen LogP contribution in [-0.2, 0) is 6.42 Å². The molecule has 1 saturated carbocycles. The Hall–Kier alpha value is -0.930. The molecule has 1 fully saturated rings. The van der Waals surface area contributed by atoms with E-state index in [0.29, 0.717) is 22.9 Å². The summed E-state index contributed by atoms with van der Waals surface area (Å²) in [6.45, 7) is 0. The molecule has 0 unspecified atom stereocenters. The van der Waals surface area contributed by atoms with Crippen LogP contribution in [0.15, 0.2) is 12.1 Å². The molecule has 0 spiro atoms. The highest BCUT2D eigenvalue weighted by Gasteiger charge is 2.41. The van der Waals surface area contributed by atoms with Gasteiger partial charge in [0.25, 0.3) is 0 Å². The van der Waals surface area contributed by atoms with Crippen LogP contribution >= 0.6 is 11.6 Å². The van der Waals surface area contributed by atoms with Crippen molar-refractivity contribution in [2.24, 2.45) is 0 Å². The fourth-order valence-corrected chi connectivity index (χ4v) is 2.05. The summed E-state index contributed by atoms with van der Waals surface area (Å²) in [5, 5.41) is 10.5. The molecule has 0 bridgehead atoms. The normalized spacial score (nSPS) is 17.0. The quantitative estimate of drug-likeness (QED) is 0.881. The number of hydrogen-bond acceptors (Lipinski definition) is 3. The Morgan fingerprint density at radius 1 is 1.25 bits per heavy atom. The van der Waals surface area contributed by atoms with Crippen molar-refractivity contribution >= 4 is 11.6 Å². The maximum atomic E-state index is 9.94. The first kappa shape index (κ1) is 11.6. The lowest BCUT2D eigenvalue weighted by molar-refractivity contribution is 0.150. The van der Waals surface area contributed by atoms with E-state index in [4.69, 9.17) is 21.1 Å². The number of ether oxygens (including phenoxy) is 2. The van der Waals surface area contributed by atoms with Crippen LogP contribution in [0.1, 0.15) is 18.4 Å². The highest BCUT2D eigenvalue weighted by atomic mass is 35.5. The van der Waals surface area contributed by atoms with Gasteiger partial charge in [-0.15, -0.1) is 0 Å². The van der Waals surface area contributed by atoms with Gasteiger partial charge in [-0.05, 0) is 25.0 Å². The fraction of sp³-hybridized carbons (Fsp3) is 0.500. The highest BCUT2D eigenvalue weighted by Crippen LogP contribution is 2.44. The molecule has 1 aliphatic rings. The maximum absolute atomic E-state index is 9.94. The van der Waals surface area contributed by atoms with E-state index < -0.39 is 5.60 Å². The van der Waals surface area contributed by atoms with Crippen molar-refractivity contribution < 1.29 is 14.6 Å². The molecule has 88 valence electrons. The van der Waals surface area contributed by atoms with Crippen LogP contribution in [0, 0.1) is 0 Å². The second kappa shape index (κ2) is 4.15. The number of rotatable bonds is 4. The van der Waals surface area contributed by atoms with Gasteiger partial charge >= 0.3 is 0 Å². The Bertz CT molecular complexity index is 399. The minimum absolute atomic E-state index is 0.520. The Morgan fingerprint density at radius 3 is 2.31 bits per heavy atom. The Morgan fingerprint density at radius 2 is 1.81 bits per heavy atom. The molecule has 0 heterocycles. The van der Waals surface area contributed by atoms with Gasteiger partial charge in [0.2, 0.25) is 0 Å². The van der Waals surface area contributed by atoms with Crippen molar-refractivity contribution in [3.63, 3.8) is 0 Å². The molecule has 2 rings (SSSR count). The van der Waals surface area contributed by atoms with Crippen LogP contribution in [0.4, 0.5) is 0 Å². The van der Waals surface area contributed by atoms with Gasteiger partial charge in [-0.1, -0.05) is 11.6 Å². The highest BCUT2D eigenvalue weighted by molar-refractivity contribution is 6.33. The van der Waals surface area contributed by atoms with Crippen molar-refractivity contribution in [2.75, 3.05) is 14.2 Å². The Kier molecular flexibility index (Phi) is 3.00. The largest absolute Gasteiger partial charge is 0.496 e. The molecule has 0 amide bonds. The Labute approximate surface area is 99.9 Å². The van der Waals surface area contributed by atoms with Crippen LogP contribution in [0.25, 0.3) is 0 Å². The lowest BCUT2D eigenvalue weighted by atomic mass is 10.0. The van der Waals surface area contributed by atoms with Gasteiger partial charge in [-0.3, -0.25) is 0 Å². The lowest BCUT2D eigenvalue weighted by Gasteiger charge is -2.15. The molecule has 1 aliphatic carbocycles. The van der Waals surface area contributed by atoms with E-state index in [1.54, 1.807) is 20.3 Å². The van der Waals surface area contributed by atoms with Gasteiger partial charge in [0.15, 0.2) is 0 Å². The first-order valence-corrected chi connectivity index (χ1v) is 5.59. The SMILES string of the molecule is COc1ccc(OC)c(CC2(O)CC2)c1Cl. The zero-order valence-electron chi connectivity index (χ0n) is 9.42. The summed E-state index contributed by atoms with van der Waals surface area (Å²) in [5.74, 6) is 1.31. The van der Waals surface area contributed by atoms with E-state index in [1.165, 1.54) is 0 Å². The van der Waals surface area contributed by atoms with Crippen LogP contribution < -0.4 is 9.47 Å². The smallest absolute Gasteiger partial charge is 0.138 e. The van der Waals surface area contributed by atoms with E-state index in [9.17, 15) is 5.11 Å². The molecule has 4 heteroatoms. The number of hydrogen-bond donors (Lipinski definition) is 1. The summed E-state index contributed by atoms with van der Waals surface area (Å²) in [6.07, 6.45) is 2.17. The van der Waals surface area contributed by atoms with E-state index in [1.807, 2.05) is 6.07 Å². The van der Waals surface area contributed by atoms with Gasteiger partial charge < -0.3 is 14.6 Å². The molecule has 3 nitrogen and oxygen atoms in total. The fourth-order valence-electron chi connectivity index (χ4n) is 1.75. The van der Waals surface area contributed by atoms with Gasteiger partial charge in [0.1, 0.15) is 11.5 Å². The van der Waals surface area contributed by atoms with E-state index in [2.05, 4.69) is 0 Å². The molecule has 0 aromatic heterocycles. The lowest BCUT2D eigenvalue weighted by Crippen LogP contribution is -2.12. The number of halogens is 1. The molecule has 0 atom stereocenters. The summed E-state index contributed by atoms with van der Waals surface area (Å²) in [4.78, 5) is 0. The van der Waals surface area contributed by atoms with Gasteiger partial charge in [-0.25, -0.2) is 0 Å². The van der Waals surface area contributed by atoms with E-state index in [-0.39, 0.29) is 0 Å². The predicted octanol–water partition coefficient (Wildman–Crippen LogP) is 2.42. The standard InChI is InChI=1S/C12H15ClO3/c1-15-9-3-4-10(16-2)11(13)8(9)7-12(14)5-6-12/h3-4,14H,5-7H2,1-2H3. The maximum Gasteiger partial charge on any atom is 0.138 e. The first-order valence-electron chi connectivity index (χ1n) is 5.21. The summed E-state index contributed by atoms with van der Waals surface area (Å²) >= 11 is 6.21. The van der Waals surface area contributed by atoms with Crippen LogP contribution in [-0.4, -0.2) is 24.9 Å². The van der Waals surface area contributed by atoms with Crippen molar-refractivity contribution in [2.45, 2.75) is 24.9 Å². The summed E-state index contributed by atoms with van der Waals surface area (Å²) < 4.78 is 10.4. The predicted molar refractivity (Wildman–Crippen MR) is 62.4 cm³/mol. The van der Waals surface area contributed by atoms with Gasteiger partial charge in [-0.2, -0.15) is 0 Å². The van der Waals surface area contributed by atoms with Crippen molar-refractivity contribution in [1.29, 1.82) is 0 Å². The number of methoxy groups -OCH3 is 2. The number of benzene rings is 1. The minimum Gasteiger partial charge on any atom is -0.496 e. The Balaban J connectivity index is 2.38. The average Bonchev–Trinajstić information content (AvgIpc) is 2.99. The molecule has 0 aliphatic heterocycles. The molecular formula is C12H15ClO3. The van der Waals surface area contributed by atoms with E-state index >= 15 is 0 Å². The van der Waals surface area contributed by atoms with Crippen LogP contribution in [0.2, 0.25) is 5.02 Å². The second-order valence-corrected chi connectivity index (χ2v) is 4.54. The number of aliphatic hydroxyl groups is 1. The van der Waals surface area contributed by atoms with Crippen molar-refractivity contribution in [3.8, 4) is 11.5 Å². The topological polar surface area (TPSA) is 38.7 Å². The molecule has 1 aromatic carbocycles. The zero-order valence-corrected chi connectivity index (χ0v) is 10.2. The minimum atomic E-state index is -0.594. The monoisotopic (exact) mass is 242 g/mol. The second-order valence-electron chi connectivity index (χ2n) is 4.16. The van der Waals surface area contributed by atoms with Crippen molar-refractivity contribution in [3.05, 3.63) is 22.7 Å². The summed E-state index contributed by atoms with van der Waals surface area (Å²) in [5.41, 5.74) is 0.229. The summed E-state index contributed by atoms with van der Waals surface area (Å²) in [6, 6.07) is 3.58. The molecule has 1 aromatic rings. The molecule has 0 saturated heterocycles. The van der Waals surface area contributed by atoms with Crippen LogP contribution in [0.5, 0.6) is 11.5 Å². The third-order valence-electron chi connectivity index (χ3n) is 2.94. The summed E-state index contributed by atoms with van der Waals surface area (Å²) in [7, 11) is 3.17. The molecule has 16 heavy (non-hydrogen) atoms. The first-order chi connectivity index (χ1) is 7.59. The van der Waals surface area contributed by atoms with Crippen molar-refractivity contribution in [1.82, 2.24) is 0 Å². The average molecular weight is 243 g/mol. The zero-order chi connectivity index (χ0) is 11.8. The van der Waals surface area contributed by atoms with Gasteiger partial charge in [0, 0.05) is 12.0 Å². The molecular weight excluding hydrogens is 228 g/mol. The third-order valence-corrected chi connectivity index (χ3v) is 3.35. The van der Waals surface area contributed by atoms with E-state index in [0.717, 1.165) is 18.4 Å². The van der Waals surface area contributed by atoms with Crippen LogP contribution in [0.3, 0.4) is 0 Å².